The summed E-state index contributed by atoms with van der Waals surface area (Å²) < 4.78 is 22.4. The minimum Gasteiger partial charge on any atom is -0.228 e. The molecule has 0 aliphatic heterocycles. The number of hydrogen-bond acceptors (Lipinski definition) is 2. The first-order valence-corrected chi connectivity index (χ1v) is 6.73. The molecule has 0 aromatic heterocycles. The highest BCUT2D eigenvalue weighted by molar-refractivity contribution is 7.89. The van der Waals surface area contributed by atoms with Gasteiger partial charge in [-0.1, -0.05) is 18.2 Å². The first kappa shape index (κ1) is 10.6. The zero-order valence-corrected chi connectivity index (χ0v) is 9.55. The zero-order valence-electron chi connectivity index (χ0n) is 8.73. The monoisotopic (exact) mass is 225 g/mol. The number of hydrogen-bond donors (Lipinski definition) is 1. The van der Waals surface area contributed by atoms with Crippen molar-refractivity contribution in [3.63, 3.8) is 0 Å². The highest BCUT2D eigenvalue weighted by atomic mass is 32.2. The second-order valence-corrected chi connectivity index (χ2v) is 6.00. The highest BCUT2D eigenvalue weighted by Gasteiger charge is 2.20. The van der Waals surface area contributed by atoms with E-state index in [4.69, 9.17) is 5.14 Å². The summed E-state index contributed by atoms with van der Waals surface area (Å²) in [5, 5.41) is 4.52. The number of primary sulfonamides is 1. The molecule has 0 saturated heterocycles. The van der Waals surface area contributed by atoms with Gasteiger partial charge in [-0.25, -0.2) is 13.6 Å². The fourth-order valence-corrected chi connectivity index (χ4v) is 2.56. The molecule has 0 amide bonds. The Bertz CT molecular complexity index is 479. The maximum atomic E-state index is 11.2. The summed E-state index contributed by atoms with van der Waals surface area (Å²) in [6.45, 7) is 1.63. The molecule has 1 aliphatic carbocycles. The Morgan fingerprint density at radius 2 is 1.93 bits per heavy atom. The van der Waals surface area contributed by atoms with Crippen LogP contribution in [0, 0.1) is 0 Å². The van der Waals surface area contributed by atoms with E-state index in [9.17, 15) is 8.42 Å². The van der Waals surface area contributed by atoms with E-state index in [0.717, 1.165) is 18.4 Å². The minimum atomic E-state index is -3.47. The van der Waals surface area contributed by atoms with E-state index >= 15 is 0 Å². The zero-order chi connectivity index (χ0) is 11.1. The second-order valence-electron chi connectivity index (χ2n) is 4.11. The molecule has 82 valence electrons. The van der Waals surface area contributed by atoms with Gasteiger partial charge in [0.05, 0.1) is 5.25 Å². The Hall–Kier alpha value is -0.870. The Kier molecular flexibility index (Phi) is 2.56. The molecule has 1 aromatic carbocycles. The van der Waals surface area contributed by atoms with Crippen molar-refractivity contribution >= 4 is 10.0 Å². The van der Waals surface area contributed by atoms with Gasteiger partial charge in [0.15, 0.2) is 0 Å². The lowest BCUT2D eigenvalue weighted by Crippen LogP contribution is -2.19. The third-order valence-corrected chi connectivity index (χ3v) is 4.34. The molecule has 2 rings (SSSR count). The lowest BCUT2D eigenvalue weighted by molar-refractivity contribution is 0.588. The van der Waals surface area contributed by atoms with Crippen LogP contribution in [0.25, 0.3) is 0 Å². The van der Waals surface area contributed by atoms with Crippen LogP contribution in [0.2, 0.25) is 0 Å². The molecule has 1 unspecified atom stereocenters. The van der Waals surface area contributed by atoms with Gasteiger partial charge >= 0.3 is 0 Å². The second kappa shape index (κ2) is 3.61. The lowest BCUT2D eigenvalue weighted by Gasteiger charge is -2.10. The van der Waals surface area contributed by atoms with Gasteiger partial charge in [0.2, 0.25) is 10.0 Å². The van der Waals surface area contributed by atoms with Crippen LogP contribution in [0.15, 0.2) is 18.2 Å². The maximum absolute atomic E-state index is 11.2. The Balaban J connectivity index is 2.39. The fraction of sp³-hybridized carbons (Fsp3) is 0.455. The molecule has 1 atom stereocenters. The predicted octanol–water partition coefficient (Wildman–Crippen LogP) is 1.52. The topological polar surface area (TPSA) is 60.2 Å². The molecule has 2 N–H and O–H groups in total. The minimum absolute atomic E-state index is 0.608. The summed E-state index contributed by atoms with van der Waals surface area (Å²) in [7, 11) is -3.47. The van der Waals surface area contributed by atoms with Crippen LogP contribution in [0.1, 0.15) is 35.3 Å². The van der Waals surface area contributed by atoms with Gasteiger partial charge in [-0.05, 0) is 42.9 Å². The molecule has 1 aromatic rings. The molecule has 0 heterocycles. The molecule has 0 saturated carbocycles. The van der Waals surface area contributed by atoms with Crippen molar-refractivity contribution < 1.29 is 8.42 Å². The Morgan fingerprint density at radius 1 is 1.27 bits per heavy atom. The summed E-state index contributed by atoms with van der Waals surface area (Å²) in [5.74, 6) is 0. The van der Waals surface area contributed by atoms with E-state index in [1.54, 1.807) is 6.92 Å². The number of rotatable bonds is 2. The number of nitrogens with two attached hydrogens (primary N) is 1. The van der Waals surface area contributed by atoms with Gasteiger partial charge in [0, 0.05) is 0 Å². The van der Waals surface area contributed by atoms with Crippen molar-refractivity contribution in [3.8, 4) is 0 Å². The van der Waals surface area contributed by atoms with Crippen LogP contribution in [-0.4, -0.2) is 8.42 Å². The molecular formula is C11H15NO2S. The van der Waals surface area contributed by atoms with Crippen molar-refractivity contribution in [1.29, 1.82) is 0 Å². The molecule has 0 fully saturated rings. The smallest absolute Gasteiger partial charge is 0.215 e. The van der Waals surface area contributed by atoms with E-state index in [1.165, 1.54) is 17.5 Å². The van der Waals surface area contributed by atoms with Crippen LogP contribution in [0.4, 0.5) is 0 Å². The summed E-state index contributed by atoms with van der Waals surface area (Å²) in [5.41, 5.74) is 3.43. The number of fused-ring (bicyclic) bond motifs is 1. The van der Waals surface area contributed by atoms with Crippen molar-refractivity contribution in [3.05, 3.63) is 34.9 Å². The van der Waals surface area contributed by atoms with Gasteiger partial charge in [0.1, 0.15) is 0 Å². The van der Waals surface area contributed by atoms with E-state index < -0.39 is 15.3 Å². The molecule has 1 aliphatic rings. The lowest BCUT2D eigenvalue weighted by atomic mass is 10.0. The average molecular weight is 225 g/mol. The van der Waals surface area contributed by atoms with Gasteiger partial charge in [-0.3, -0.25) is 0 Å². The van der Waals surface area contributed by atoms with E-state index in [2.05, 4.69) is 0 Å². The number of sulfonamides is 1. The SMILES string of the molecule is CC(c1ccc2c(c1)CCC2)S(N)(=O)=O. The molecule has 4 heteroatoms. The van der Waals surface area contributed by atoms with Crippen LogP contribution < -0.4 is 5.14 Å². The normalized spacial score (nSPS) is 17.5. The van der Waals surface area contributed by atoms with Crippen LogP contribution in [-0.2, 0) is 22.9 Å². The quantitative estimate of drug-likeness (QED) is 0.829. The Labute approximate surface area is 90.4 Å². The standard InChI is InChI=1S/C11H15NO2S/c1-8(15(12,13)14)10-6-5-9-3-2-4-11(9)7-10/h5-8H,2-4H2,1H3,(H2,12,13,14). The van der Waals surface area contributed by atoms with Crippen molar-refractivity contribution in [2.24, 2.45) is 5.14 Å². The molecule has 15 heavy (non-hydrogen) atoms. The first-order valence-electron chi connectivity index (χ1n) is 5.12. The molecule has 0 bridgehead atoms. The fourth-order valence-electron chi connectivity index (χ4n) is 2.03. The summed E-state index contributed by atoms with van der Waals surface area (Å²) >= 11 is 0. The van der Waals surface area contributed by atoms with Gasteiger partial charge < -0.3 is 0 Å². The number of aryl methyl sites for hydroxylation is 2. The molecule has 0 radical (unpaired) electrons. The first-order chi connectivity index (χ1) is 6.98. The molecule has 3 nitrogen and oxygen atoms in total. The predicted molar refractivity (Wildman–Crippen MR) is 60.0 cm³/mol. The summed E-state index contributed by atoms with van der Waals surface area (Å²) in [4.78, 5) is 0. The Morgan fingerprint density at radius 3 is 2.60 bits per heavy atom. The third kappa shape index (κ3) is 2.06. The average Bonchev–Trinajstić information content (AvgIpc) is 2.61. The maximum Gasteiger partial charge on any atom is 0.215 e. The van der Waals surface area contributed by atoms with Crippen LogP contribution in [0.3, 0.4) is 0 Å². The molecule has 0 spiro atoms. The van der Waals surface area contributed by atoms with Crippen LogP contribution >= 0.6 is 0 Å². The van der Waals surface area contributed by atoms with Crippen molar-refractivity contribution in [2.45, 2.75) is 31.4 Å². The molecular weight excluding hydrogens is 210 g/mol. The van der Waals surface area contributed by atoms with Crippen LogP contribution in [0.5, 0.6) is 0 Å². The van der Waals surface area contributed by atoms with Gasteiger partial charge in [0.25, 0.3) is 0 Å². The largest absolute Gasteiger partial charge is 0.228 e. The van der Waals surface area contributed by atoms with Gasteiger partial charge in [-0.15, -0.1) is 0 Å². The van der Waals surface area contributed by atoms with E-state index in [1.807, 2.05) is 18.2 Å². The highest BCUT2D eigenvalue weighted by Crippen LogP contribution is 2.27. The van der Waals surface area contributed by atoms with Crippen molar-refractivity contribution in [2.75, 3.05) is 0 Å². The summed E-state index contributed by atoms with van der Waals surface area (Å²) in [6, 6.07) is 5.88. The summed E-state index contributed by atoms with van der Waals surface area (Å²) in [6.07, 6.45) is 3.34. The third-order valence-electron chi connectivity index (χ3n) is 3.08. The van der Waals surface area contributed by atoms with E-state index in [-0.39, 0.29) is 0 Å². The van der Waals surface area contributed by atoms with Gasteiger partial charge in [-0.2, -0.15) is 0 Å². The van der Waals surface area contributed by atoms with E-state index in [0.29, 0.717) is 0 Å². The van der Waals surface area contributed by atoms with Crippen molar-refractivity contribution in [1.82, 2.24) is 0 Å². The number of benzene rings is 1.